The van der Waals surface area contributed by atoms with E-state index in [1.165, 1.54) is 0 Å². The van der Waals surface area contributed by atoms with Crippen LogP contribution in [0.5, 0.6) is 0 Å². The molecule has 0 heterocycles. The van der Waals surface area contributed by atoms with Gasteiger partial charge in [0.05, 0.1) is 12.2 Å². The zero-order chi connectivity index (χ0) is 22.3. The molecule has 6 atom stereocenters. The van der Waals surface area contributed by atoms with Crippen LogP contribution in [0.1, 0.15) is 78.1 Å². The lowest BCUT2D eigenvalue weighted by molar-refractivity contribution is -0.161. The summed E-state index contributed by atoms with van der Waals surface area (Å²) in [6.45, 7) is 11.7. The Morgan fingerprint density at radius 2 is 1.97 bits per heavy atom. The van der Waals surface area contributed by atoms with Gasteiger partial charge in [-0.1, -0.05) is 20.4 Å². The highest BCUT2D eigenvalue weighted by Gasteiger charge is 2.65. The molecule has 0 aromatic heterocycles. The second-order valence-electron chi connectivity index (χ2n) is 11.1. The van der Waals surface area contributed by atoms with Crippen LogP contribution in [-0.4, -0.2) is 48.5 Å². The lowest BCUT2D eigenvalue weighted by Gasteiger charge is -2.63. The summed E-state index contributed by atoms with van der Waals surface area (Å²) in [5, 5.41) is 12.0. The predicted molar refractivity (Wildman–Crippen MR) is 124 cm³/mol. The molecule has 5 nitrogen and oxygen atoms in total. The van der Waals surface area contributed by atoms with Gasteiger partial charge in [0.25, 0.3) is 0 Å². The van der Waals surface area contributed by atoms with Crippen molar-refractivity contribution in [2.24, 2.45) is 39.3 Å². The van der Waals surface area contributed by atoms with E-state index in [1.54, 1.807) is 0 Å². The molecule has 0 aliphatic heterocycles. The quantitative estimate of drug-likeness (QED) is 0.471. The maximum Gasteiger partial charge on any atom is 0.139 e. The fraction of sp³-hybridized carbons (Fsp3) is 0.846. The van der Waals surface area contributed by atoms with Crippen molar-refractivity contribution < 1.29 is 14.6 Å². The summed E-state index contributed by atoms with van der Waals surface area (Å²) in [4.78, 5) is 17.5. The van der Waals surface area contributed by atoms with Crippen molar-refractivity contribution in [3.8, 4) is 0 Å². The first-order valence-corrected chi connectivity index (χ1v) is 12.5. The van der Waals surface area contributed by atoms with E-state index in [0.717, 1.165) is 82.2 Å². The van der Waals surface area contributed by atoms with Gasteiger partial charge in [-0.15, -0.1) is 0 Å². The van der Waals surface area contributed by atoms with Crippen molar-refractivity contribution in [2.75, 3.05) is 26.3 Å². The van der Waals surface area contributed by atoms with Crippen molar-refractivity contribution in [2.45, 2.75) is 83.7 Å². The third-order valence-corrected chi connectivity index (χ3v) is 9.66. The molecule has 4 aliphatic rings. The fourth-order valence-corrected chi connectivity index (χ4v) is 7.68. The largest absolute Gasteiger partial charge is 0.385 e. The van der Waals surface area contributed by atoms with E-state index in [0.29, 0.717) is 43.1 Å². The molecule has 3 N–H and O–H groups in total. The number of carbonyl (C=O) groups excluding carboxylic acids is 1. The Balaban J connectivity index is 1.44. The van der Waals surface area contributed by atoms with Gasteiger partial charge in [-0.05, 0) is 74.7 Å². The number of hydrogen-bond acceptors (Lipinski definition) is 5. The van der Waals surface area contributed by atoms with Crippen LogP contribution in [0.3, 0.4) is 0 Å². The lowest BCUT2D eigenvalue weighted by Crippen LogP contribution is -2.63. The molecule has 0 bridgehead atoms. The summed E-state index contributed by atoms with van der Waals surface area (Å²) in [6.07, 6.45) is 9.27. The van der Waals surface area contributed by atoms with Crippen LogP contribution in [-0.2, 0) is 9.53 Å². The number of fused-ring (bicyclic) bond motifs is 5. The molecule has 5 heteroatoms. The zero-order valence-electron chi connectivity index (χ0n) is 19.6. The van der Waals surface area contributed by atoms with Crippen molar-refractivity contribution in [1.82, 2.24) is 0 Å². The average molecular weight is 431 g/mol. The third kappa shape index (κ3) is 3.75. The molecular formula is C26H42N2O3. The smallest absolute Gasteiger partial charge is 0.139 e. The van der Waals surface area contributed by atoms with Crippen molar-refractivity contribution in [3.05, 3.63) is 12.2 Å². The molecule has 4 fully saturated rings. The highest BCUT2D eigenvalue weighted by molar-refractivity contribution is 5.88. The highest BCUT2D eigenvalue weighted by atomic mass is 16.5. The third-order valence-electron chi connectivity index (χ3n) is 9.66. The minimum absolute atomic E-state index is 0.136. The monoisotopic (exact) mass is 430 g/mol. The average Bonchev–Trinajstić information content (AvgIpc) is 3.04. The number of carbonyl (C=O) groups is 1. The molecule has 4 saturated carbocycles. The Hall–Kier alpha value is -1.04. The van der Waals surface area contributed by atoms with Crippen molar-refractivity contribution >= 4 is 11.5 Å². The van der Waals surface area contributed by atoms with Gasteiger partial charge in [0.2, 0.25) is 0 Å². The van der Waals surface area contributed by atoms with E-state index in [1.807, 2.05) is 0 Å². The molecule has 0 aromatic rings. The normalized spacial score (nSPS) is 43.6. The number of aliphatic hydroxyl groups is 1. The number of Topliss-reactive ketones (excluding diaryl/α,β-unsaturated/α-hetero) is 1. The number of rotatable bonds is 7. The highest BCUT2D eigenvalue weighted by Crippen LogP contribution is 2.67. The molecule has 4 rings (SSSR count). The minimum atomic E-state index is -0.855. The number of aliphatic imine (C=N–C) groups is 1. The number of unbranched alkanes of at least 4 members (excludes halogenated alkanes) is 1. The van der Waals surface area contributed by atoms with Gasteiger partial charge in [0.15, 0.2) is 0 Å². The first kappa shape index (κ1) is 23.1. The van der Waals surface area contributed by atoms with E-state index in [-0.39, 0.29) is 10.8 Å². The molecule has 0 aromatic carbocycles. The van der Waals surface area contributed by atoms with Gasteiger partial charge >= 0.3 is 0 Å². The van der Waals surface area contributed by atoms with Crippen LogP contribution in [0.4, 0.5) is 0 Å². The van der Waals surface area contributed by atoms with E-state index in [2.05, 4.69) is 20.4 Å². The van der Waals surface area contributed by atoms with Crippen molar-refractivity contribution in [1.29, 1.82) is 0 Å². The standard InChI is InChI=1S/C26H42N2O3/c1-18-16-20-21-6-7-23(29)24(21,2)10-9-22(20)25(3)11-8-19(17-26(18,25)30)28-13-4-5-14-31-15-12-27/h20-22,30H,1,4-17,27H2,2-3H3. The van der Waals surface area contributed by atoms with Crippen LogP contribution >= 0.6 is 0 Å². The van der Waals surface area contributed by atoms with Gasteiger partial charge in [-0.25, -0.2) is 0 Å². The number of nitrogens with two attached hydrogens (primary N) is 1. The van der Waals surface area contributed by atoms with Crippen LogP contribution < -0.4 is 5.73 Å². The first-order chi connectivity index (χ1) is 14.8. The van der Waals surface area contributed by atoms with Crippen LogP contribution in [0.2, 0.25) is 0 Å². The summed E-state index contributed by atoms with van der Waals surface area (Å²) in [7, 11) is 0. The van der Waals surface area contributed by atoms with Gasteiger partial charge in [0, 0.05) is 49.1 Å². The number of ether oxygens (including phenoxy) is 1. The second-order valence-corrected chi connectivity index (χ2v) is 11.1. The molecule has 4 aliphatic carbocycles. The van der Waals surface area contributed by atoms with Crippen LogP contribution in [0.15, 0.2) is 17.1 Å². The summed E-state index contributed by atoms with van der Waals surface area (Å²) >= 11 is 0. The number of ketones is 1. The summed E-state index contributed by atoms with van der Waals surface area (Å²) in [6, 6.07) is 0. The predicted octanol–water partition coefficient (Wildman–Crippen LogP) is 4.08. The molecule has 0 amide bonds. The molecule has 31 heavy (non-hydrogen) atoms. The molecular weight excluding hydrogens is 388 g/mol. The maximum atomic E-state index is 12.7. The topological polar surface area (TPSA) is 84.9 Å². The van der Waals surface area contributed by atoms with Crippen LogP contribution in [0.25, 0.3) is 0 Å². The van der Waals surface area contributed by atoms with E-state index in [4.69, 9.17) is 15.5 Å². The van der Waals surface area contributed by atoms with Gasteiger partial charge < -0.3 is 15.6 Å². The molecule has 6 unspecified atom stereocenters. The SMILES string of the molecule is C=C1CC2C3CCC(=O)C3(C)CCC2C2(C)CCC(=NCCCCOCCN)CC12O. The van der Waals surface area contributed by atoms with Gasteiger partial charge in [-0.3, -0.25) is 9.79 Å². The summed E-state index contributed by atoms with van der Waals surface area (Å²) in [5.74, 6) is 1.91. The first-order valence-electron chi connectivity index (χ1n) is 12.5. The molecule has 0 saturated heterocycles. The number of hydrogen-bond donors (Lipinski definition) is 2. The second kappa shape index (κ2) is 8.72. The van der Waals surface area contributed by atoms with E-state index >= 15 is 0 Å². The Labute approximate surface area is 187 Å². The Morgan fingerprint density at radius 1 is 1.16 bits per heavy atom. The van der Waals surface area contributed by atoms with Crippen molar-refractivity contribution in [3.63, 3.8) is 0 Å². The maximum absolute atomic E-state index is 12.7. The van der Waals surface area contributed by atoms with Gasteiger partial charge in [0.1, 0.15) is 5.78 Å². The van der Waals surface area contributed by atoms with Crippen LogP contribution in [0, 0.1) is 28.6 Å². The minimum Gasteiger partial charge on any atom is -0.385 e. The molecule has 0 radical (unpaired) electrons. The molecule has 174 valence electrons. The van der Waals surface area contributed by atoms with E-state index in [9.17, 15) is 9.90 Å². The lowest BCUT2D eigenvalue weighted by atomic mass is 9.43. The Morgan fingerprint density at radius 3 is 2.74 bits per heavy atom. The fourth-order valence-electron chi connectivity index (χ4n) is 7.68. The summed E-state index contributed by atoms with van der Waals surface area (Å²) in [5.41, 5.74) is 6.43. The van der Waals surface area contributed by atoms with E-state index < -0.39 is 5.60 Å². The Kier molecular flexibility index (Phi) is 6.50. The summed E-state index contributed by atoms with van der Waals surface area (Å²) < 4.78 is 5.44. The van der Waals surface area contributed by atoms with Gasteiger partial charge in [-0.2, -0.15) is 0 Å². The molecule has 0 spiro atoms. The Bertz CT molecular complexity index is 749. The zero-order valence-corrected chi connectivity index (χ0v) is 19.6. The number of nitrogens with zero attached hydrogens (tertiary/aromatic N) is 1.